The molecule has 41 heavy (non-hydrogen) atoms. The molecule has 0 radical (unpaired) electrons. The van der Waals surface area contributed by atoms with Crippen molar-refractivity contribution in [3.8, 4) is 23.0 Å². The summed E-state index contributed by atoms with van der Waals surface area (Å²) in [4.78, 5) is 23.3. The fraction of sp³-hybridized carbons (Fsp3) is 0.156. The molecule has 5 aromatic rings. The number of amides is 1. The number of ether oxygens (including phenoxy) is 3. The van der Waals surface area contributed by atoms with Gasteiger partial charge in [0.05, 0.1) is 6.54 Å². The molecule has 0 spiro atoms. The van der Waals surface area contributed by atoms with Gasteiger partial charge < -0.3 is 23.9 Å². The molecule has 206 valence electrons. The van der Waals surface area contributed by atoms with Crippen molar-refractivity contribution in [1.29, 1.82) is 0 Å². The van der Waals surface area contributed by atoms with E-state index in [1.54, 1.807) is 12.4 Å². The number of nitrogens with one attached hydrogen (secondary N) is 1. The Labute approximate surface area is 237 Å². The van der Waals surface area contributed by atoms with Crippen LogP contribution in [0.5, 0.6) is 23.0 Å². The van der Waals surface area contributed by atoms with E-state index in [2.05, 4.69) is 26.3 Å². The van der Waals surface area contributed by atoms with Gasteiger partial charge in [0.1, 0.15) is 17.8 Å². The van der Waals surface area contributed by atoms with Crippen molar-refractivity contribution >= 4 is 5.91 Å². The number of para-hydroxylation sites is 1. The molecule has 6 rings (SSSR count). The summed E-state index contributed by atoms with van der Waals surface area (Å²) in [7, 11) is 0. The number of benzene rings is 3. The first-order chi connectivity index (χ1) is 20.2. The second kappa shape index (κ2) is 12.4. The van der Waals surface area contributed by atoms with Crippen molar-refractivity contribution in [1.82, 2.24) is 20.2 Å². The van der Waals surface area contributed by atoms with E-state index >= 15 is 0 Å². The Balaban J connectivity index is 1.17. The highest BCUT2D eigenvalue weighted by atomic mass is 16.7. The Morgan fingerprint density at radius 1 is 0.805 bits per heavy atom. The van der Waals surface area contributed by atoms with Gasteiger partial charge in [-0.15, -0.1) is 0 Å². The molecule has 0 atom stereocenters. The van der Waals surface area contributed by atoms with E-state index in [4.69, 9.17) is 18.6 Å². The molecule has 0 bridgehead atoms. The molecule has 9 heteroatoms. The minimum atomic E-state index is -0.301. The highest BCUT2D eigenvalue weighted by Crippen LogP contribution is 2.33. The zero-order valence-corrected chi connectivity index (χ0v) is 22.2. The molecule has 0 aliphatic carbocycles. The summed E-state index contributed by atoms with van der Waals surface area (Å²) < 4.78 is 22.8. The molecular weight excluding hydrogens is 520 g/mol. The molecule has 0 unspecified atom stereocenters. The Morgan fingerprint density at radius 3 is 2.44 bits per heavy atom. The molecule has 0 saturated carbocycles. The second-order valence-corrected chi connectivity index (χ2v) is 9.56. The van der Waals surface area contributed by atoms with Gasteiger partial charge >= 0.3 is 0 Å². The normalized spacial score (nSPS) is 11.9. The lowest BCUT2D eigenvalue weighted by Gasteiger charge is -2.21. The van der Waals surface area contributed by atoms with Crippen molar-refractivity contribution in [2.24, 2.45) is 0 Å². The highest BCUT2D eigenvalue weighted by molar-refractivity contribution is 5.91. The number of oxazole rings is 1. The number of carbonyl (C=O) groups is 1. The third kappa shape index (κ3) is 6.90. The quantitative estimate of drug-likeness (QED) is 0.224. The van der Waals surface area contributed by atoms with E-state index in [-0.39, 0.29) is 18.4 Å². The van der Waals surface area contributed by atoms with Crippen LogP contribution in [0.1, 0.15) is 33.1 Å². The van der Waals surface area contributed by atoms with E-state index in [1.807, 2.05) is 78.9 Å². The monoisotopic (exact) mass is 548 g/mol. The average molecular weight is 549 g/mol. The fourth-order valence-corrected chi connectivity index (χ4v) is 4.51. The Bertz CT molecular complexity index is 1610. The molecule has 9 nitrogen and oxygen atoms in total. The van der Waals surface area contributed by atoms with Crippen LogP contribution in [0, 0.1) is 0 Å². The molecule has 3 aromatic carbocycles. The zero-order valence-electron chi connectivity index (χ0n) is 22.2. The third-order valence-electron chi connectivity index (χ3n) is 6.47. The summed E-state index contributed by atoms with van der Waals surface area (Å²) in [5.41, 5.74) is 3.29. The molecule has 0 fully saturated rings. The zero-order chi connectivity index (χ0) is 27.9. The highest BCUT2D eigenvalue weighted by Gasteiger charge is 2.18. The summed E-state index contributed by atoms with van der Waals surface area (Å²) in [6.45, 7) is 2.16. The van der Waals surface area contributed by atoms with Crippen LogP contribution in [-0.2, 0) is 26.2 Å². The van der Waals surface area contributed by atoms with Crippen molar-refractivity contribution in [3.63, 3.8) is 0 Å². The van der Waals surface area contributed by atoms with E-state index in [0.717, 1.165) is 39.7 Å². The van der Waals surface area contributed by atoms with Crippen LogP contribution in [-0.4, -0.2) is 27.6 Å². The summed E-state index contributed by atoms with van der Waals surface area (Å²) in [5.74, 6) is 3.13. The Kier molecular flexibility index (Phi) is 7.86. The van der Waals surface area contributed by atoms with Crippen LogP contribution < -0.4 is 19.5 Å². The van der Waals surface area contributed by atoms with Gasteiger partial charge in [-0.1, -0.05) is 36.4 Å². The number of nitrogens with zero attached hydrogens (tertiary/aromatic N) is 3. The van der Waals surface area contributed by atoms with Crippen LogP contribution in [0.25, 0.3) is 0 Å². The predicted molar refractivity (Wildman–Crippen MR) is 150 cm³/mol. The number of aromatic nitrogens is 2. The molecule has 2 aromatic heterocycles. The number of hydrogen-bond acceptors (Lipinski definition) is 8. The van der Waals surface area contributed by atoms with E-state index in [1.165, 1.54) is 6.26 Å². The minimum Gasteiger partial charge on any atom is -0.457 e. The number of carbonyl (C=O) groups excluding carboxylic acids is 1. The molecule has 1 aliphatic heterocycles. The standard InChI is InChI=1S/C32H28N4O5/c37-32(34-17-23-11-13-33-14-12-23)28-21-38-31(35-28)20-36(19-25-9-10-29-30(16-25)40-22-39-29)18-24-5-4-8-27(15-24)41-26-6-2-1-3-7-26/h1-16,21H,17-20,22H2,(H,34,37). The van der Waals surface area contributed by atoms with Crippen molar-refractivity contribution in [2.45, 2.75) is 26.2 Å². The summed E-state index contributed by atoms with van der Waals surface area (Å²) in [6.07, 6.45) is 4.77. The van der Waals surface area contributed by atoms with Gasteiger partial charge in [-0.25, -0.2) is 4.98 Å². The van der Waals surface area contributed by atoms with Gasteiger partial charge in [-0.2, -0.15) is 0 Å². The molecule has 3 heterocycles. The summed E-state index contributed by atoms with van der Waals surface area (Å²) in [5, 5.41) is 2.87. The van der Waals surface area contributed by atoms with Crippen molar-refractivity contribution < 1.29 is 23.4 Å². The third-order valence-corrected chi connectivity index (χ3v) is 6.47. The van der Waals surface area contributed by atoms with Gasteiger partial charge in [0.2, 0.25) is 12.7 Å². The SMILES string of the molecule is O=C(NCc1ccncc1)c1coc(CN(Cc2cccc(Oc3ccccc3)c2)Cc2ccc3c(c2)OCO3)n1. The number of rotatable bonds is 11. The fourth-order valence-electron chi connectivity index (χ4n) is 4.51. The maximum absolute atomic E-state index is 12.7. The first kappa shape index (κ1) is 26.1. The second-order valence-electron chi connectivity index (χ2n) is 9.56. The van der Waals surface area contributed by atoms with Crippen LogP contribution in [0.4, 0.5) is 0 Å². The Hall–Kier alpha value is -5.15. The maximum atomic E-state index is 12.7. The average Bonchev–Trinajstić information content (AvgIpc) is 3.67. The molecule has 1 N–H and O–H groups in total. The molecule has 1 amide bonds. The van der Waals surface area contributed by atoms with Gasteiger partial charge in [0.25, 0.3) is 5.91 Å². The van der Waals surface area contributed by atoms with Gasteiger partial charge in [-0.3, -0.25) is 14.7 Å². The van der Waals surface area contributed by atoms with Crippen molar-refractivity contribution in [2.75, 3.05) is 6.79 Å². The van der Waals surface area contributed by atoms with Crippen LogP contribution in [0.2, 0.25) is 0 Å². The number of pyridine rings is 1. The largest absolute Gasteiger partial charge is 0.457 e. The van der Waals surface area contributed by atoms with Crippen molar-refractivity contribution in [3.05, 3.63) is 132 Å². The molecular formula is C32H28N4O5. The molecule has 0 saturated heterocycles. The lowest BCUT2D eigenvalue weighted by atomic mass is 10.1. The lowest BCUT2D eigenvalue weighted by Crippen LogP contribution is -2.24. The van der Waals surface area contributed by atoms with Gasteiger partial charge in [-0.05, 0) is 65.2 Å². The lowest BCUT2D eigenvalue weighted by molar-refractivity contribution is 0.0945. The smallest absolute Gasteiger partial charge is 0.273 e. The van der Waals surface area contributed by atoms with Gasteiger partial charge in [0.15, 0.2) is 17.2 Å². The Morgan fingerprint density at radius 2 is 1.59 bits per heavy atom. The van der Waals surface area contributed by atoms with Gasteiger partial charge in [0, 0.05) is 32.0 Å². The van der Waals surface area contributed by atoms with Crippen LogP contribution in [0.15, 0.2) is 108 Å². The number of hydrogen-bond donors (Lipinski definition) is 1. The van der Waals surface area contributed by atoms with E-state index in [0.29, 0.717) is 32.1 Å². The summed E-state index contributed by atoms with van der Waals surface area (Å²) >= 11 is 0. The minimum absolute atomic E-state index is 0.221. The van der Waals surface area contributed by atoms with E-state index < -0.39 is 0 Å². The first-order valence-electron chi connectivity index (χ1n) is 13.2. The van der Waals surface area contributed by atoms with Crippen LogP contribution in [0.3, 0.4) is 0 Å². The number of fused-ring (bicyclic) bond motifs is 1. The topological polar surface area (TPSA) is 99.0 Å². The predicted octanol–water partition coefficient (Wildman–Crippen LogP) is 5.72. The van der Waals surface area contributed by atoms with E-state index in [9.17, 15) is 4.79 Å². The summed E-state index contributed by atoms with van der Waals surface area (Å²) in [6, 6.07) is 27.3. The molecule has 1 aliphatic rings. The van der Waals surface area contributed by atoms with Crippen LogP contribution >= 0.6 is 0 Å². The first-order valence-corrected chi connectivity index (χ1v) is 13.2. The maximum Gasteiger partial charge on any atom is 0.273 e.